The van der Waals surface area contributed by atoms with Crippen molar-refractivity contribution in [2.45, 2.75) is 58.0 Å². The van der Waals surface area contributed by atoms with Gasteiger partial charge in [-0.15, -0.1) is 0 Å². The number of halogens is 1. The van der Waals surface area contributed by atoms with Gasteiger partial charge in [-0.1, -0.05) is 26.2 Å². The van der Waals surface area contributed by atoms with Crippen molar-refractivity contribution >= 4 is 15.9 Å². The fourth-order valence-electron chi connectivity index (χ4n) is 2.88. The van der Waals surface area contributed by atoms with Gasteiger partial charge in [0.25, 0.3) is 0 Å². The van der Waals surface area contributed by atoms with E-state index >= 15 is 0 Å². The van der Waals surface area contributed by atoms with Gasteiger partial charge in [0.2, 0.25) is 0 Å². The van der Waals surface area contributed by atoms with Crippen LogP contribution < -0.4 is 5.32 Å². The summed E-state index contributed by atoms with van der Waals surface area (Å²) in [6, 6.07) is 4.98. The maximum absolute atomic E-state index is 5.61. The van der Waals surface area contributed by atoms with Gasteiger partial charge >= 0.3 is 0 Å². The summed E-state index contributed by atoms with van der Waals surface area (Å²) in [5.74, 6) is 1.86. The van der Waals surface area contributed by atoms with E-state index in [0.29, 0.717) is 12.1 Å². The third-order valence-electron chi connectivity index (χ3n) is 3.92. The minimum Gasteiger partial charge on any atom is -0.453 e. The molecule has 0 bridgehead atoms. The van der Waals surface area contributed by atoms with Gasteiger partial charge in [-0.3, -0.25) is 0 Å². The topological polar surface area (TPSA) is 25.2 Å². The largest absolute Gasteiger partial charge is 0.453 e. The summed E-state index contributed by atoms with van der Waals surface area (Å²) in [6.45, 7) is 4.49. The first-order valence-electron chi connectivity index (χ1n) is 6.72. The van der Waals surface area contributed by atoms with Gasteiger partial charge in [-0.05, 0) is 53.7 Å². The van der Waals surface area contributed by atoms with Crippen LogP contribution in [0.15, 0.2) is 21.2 Å². The van der Waals surface area contributed by atoms with Crippen molar-refractivity contribution < 1.29 is 4.42 Å². The highest BCUT2D eigenvalue weighted by atomic mass is 79.9. The van der Waals surface area contributed by atoms with E-state index in [1.165, 1.54) is 32.1 Å². The molecule has 2 nitrogen and oxygen atoms in total. The molecular formula is C14H22BrNO. The van der Waals surface area contributed by atoms with Crippen LogP contribution in [0, 0.1) is 5.92 Å². The first-order chi connectivity index (χ1) is 8.20. The summed E-state index contributed by atoms with van der Waals surface area (Å²) in [6.07, 6.45) is 6.74. The summed E-state index contributed by atoms with van der Waals surface area (Å²) < 4.78 is 6.43. The standard InChI is InChI=1S/C14H22BrNO/c1-3-11-6-4-5-7-12(11)16-10(2)13-8-9-14(15)17-13/h8-12,16H,3-7H2,1-2H3. The van der Waals surface area contributed by atoms with Crippen LogP contribution in [0.1, 0.15) is 57.8 Å². The van der Waals surface area contributed by atoms with E-state index in [1.807, 2.05) is 12.1 Å². The summed E-state index contributed by atoms with van der Waals surface area (Å²) in [4.78, 5) is 0. The first-order valence-corrected chi connectivity index (χ1v) is 7.51. The summed E-state index contributed by atoms with van der Waals surface area (Å²) in [5, 5.41) is 3.73. The Labute approximate surface area is 112 Å². The average Bonchev–Trinajstić information content (AvgIpc) is 2.77. The lowest BCUT2D eigenvalue weighted by Gasteiger charge is -2.33. The molecule has 0 aliphatic heterocycles. The highest BCUT2D eigenvalue weighted by molar-refractivity contribution is 9.10. The third-order valence-corrected chi connectivity index (χ3v) is 4.34. The second kappa shape index (κ2) is 6.05. The molecule has 1 fully saturated rings. The van der Waals surface area contributed by atoms with E-state index in [1.54, 1.807) is 0 Å². The monoisotopic (exact) mass is 299 g/mol. The quantitative estimate of drug-likeness (QED) is 0.874. The molecule has 0 radical (unpaired) electrons. The van der Waals surface area contributed by atoms with Crippen LogP contribution in [-0.4, -0.2) is 6.04 Å². The zero-order valence-electron chi connectivity index (χ0n) is 10.7. The molecular weight excluding hydrogens is 278 g/mol. The van der Waals surface area contributed by atoms with E-state index in [-0.39, 0.29) is 0 Å². The SMILES string of the molecule is CCC1CCCCC1NC(C)c1ccc(Br)o1. The first kappa shape index (κ1) is 13.2. The fourth-order valence-corrected chi connectivity index (χ4v) is 3.20. The van der Waals surface area contributed by atoms with Gasteiger partial charge in [-0.2, -0.15) is 0 Å². The number of hydrogen-bond acceptors (Lipinski definition) is 2. The lowest BCUT2D eigenvalue weighted by molar-refractivity contribution is 0.232. The molecule has 17 heavy (non-hydrogen) atoms. The van der Waals surface area contributed by atoms with Crippen LogP contribution >= 0.6 is 15.9 Å². The van der Waals surface area contributed by atoms with E-state index < -0.39 is 0 Å². The molecule has 3 heteroatoms. The van der Waals surface area contributed by atoms with Gasteiger partial charge in [-0.25, -0.2) is 0 Å². The Morgan fingerprint density at radius 1 is 1.41 bits per heavy atom. The van der Waals surface area contributed by atoms with Gasteiger partial charge in [0.1, 0.15) is 5.76 Å². The fraction of sp³-hybridized carbons (Fsp3) is 0.714. The molecule has 1 N–H and O–H groups in total. The van der Waals surface area contributed by atoms with Gasteiger partial charge in [0.15, 0.2) is 4.67 Å². The molecule has 96 valence electrons. The van der Waals surface area contributed by atoms with Crippen LogP contribution in [-0.2, 0) is 0 Å². The van der Waals surface area contributed by atoms with Crippen molar-refractivity contribution in [3.63, 3.8) is 0 Å². The van der Waals surface area contributed by atoms with E-state index in [9.17, 15) is 0 Å². The second-order valence-corrected chi connectivity index (χ2v) is 5.87. The van der Waals surface area contributed by atoms with Crippen molar-refractivity contribution in [1.29, 1.82) is 0 Å². The Balaban J connectivity index is 1.94. The van der Waals surface area contributed by atoms with Crippen LogP contribution in [0.2, 0.25) is 0 Å². The molecule has 1 aliphatic carbocycles. The molecule has 3 atom stereocenters. The predicted octanol–water partition coefficient (Wildman–Crippen LogP) is 4.66. The maximum Gasteiger partial charge on any atom is 0.169 e. The van der Waals surface area contributed by atoms with Crippen LogP contribution in [0.25, 0.3) is 0 Å². The normalized spacial score (nSPS) is 27.0. The predicted molar refractivity (Wildman–Crippen MR) is 74.0 cm³/mol. The van der Waals surface area contributed by atoms with Gasteiger partial charge in [0.05, 0.1) is 6.04 Å². The molecule has 1 aromatic rings. The summed E-state index contributed by atoms with van der Waals surface area (Å²) in [7, 11) is 0. The lowest BCUT2D eigenvalue weighted by atomic mass is 9.82. The Morgan fingerprint density at radius 3 is 2.82 bits per heavy atom. The minimum absolute atomic E-state index is 0.304. The Bertz CT molecular complexity index is 350. The molecule has 3 unspecified atom stereocenters. The third kappa shape index (κ3) is 3.35. The smallest absolute Gasteiger partial charge is 0.169 e. The minimum atomic E-state index is 0.304. The van der Waals surface area contributed by atoms with Crippen molar-refractivity contribution in [3.8, 4) is 0 Å². The van der Waals surface area contributed by atoms with Crippen LogP contribution in [0.3, 0.4) is 0 Å². The Morgan fingerprint density at radius 2 is 2.18 bits per heavy atom. The van der Waals surface area contributed by atoms with E-state index in [2.05, 4.69) is 35.1 Å². The summed E-state index contributed by atoms with van der Waals surface area (Å²) >= 11 is 3.36. The molecule has 1 saturated carbocycles. The van der Waals surface area contributed by atoms with Crippen molar-refractivity contribution in [2.75, 3.05) is 0 Å². The summed E-state index contributed by atoms with van der Waals surface area (Å²) in [5.41, 5.74) is 0. The molecule has 1 heterocycles. The molecule has 1 aliphatic rings. The van der Waals surface area contributed by atoms with Crippen LogP contribution in [0.5, 0.6) is 0 Å². The Kier molecular flexibility index (Phi) is 4.69. The lowest BCUT2D eigenvalue weighted by Crippen LogP contribution is -2.39. The highest BCUT2D eigenvalue weighted by Gasteiger charge is 2.25. The van der Waals surface area contributed by atoms with Crippen molar-refractivity contribution in [2.24, 2.45) is 5.92 Å². The number of hydrogen-bond donors (Lipinski definition) is 1. The molecule has 0 saturated heterocycles. The Hall–Kier alpha value is -0.280. The second-order valence-electron chi connectivity index (χ2n) is 5.09. The van der Waals surface area contributed by atoms with Crippen LogP contribution in [0.4, 0.5) is 0 Å². The molecule has 0 spiro atoms. The van der Waals surface area contributed by atoms with Crippen molar-refractivity contribution in [1.82, 2.24) is 5.32 Å². The average molecular weight is 300 g/mol. The maximum atomic E-state index is 5.61. The molecule has 0 aromatic carbocycles. The highest BCUT2D eigenvalue weighted by Crippen LogP contribution is 2.29. The number of furan rings is 1. The molecule has 0 amide bonds. The molecule has 1 aromatic heterocycles. The zero-order chi connectivity index (χ0) is 12.3. The van der Waals surface area contributed by atoms with E-state index in [4.69, 9.17) is 4.42 Å². The molecule has 2 rings (SSSR count). The number of rotatable bonds is 4. The van der Waals surface area contributed by atoms with Gasteiger partial charge in [0, 0.05) is 6.04 Å². The van der Waals surface area contributed by atoms with E-state index in [0.717, 1.165) is 16.3 Å². The zero-order valence-corrected chi connectivity index (χ0v) is 12.3. The van der Waals surface area contributed by atoms with Crippen molar-refractivity contribution in [3.05, 3.63) is 22.6 Å². The number of nitrogens with one attached hydrogen (secondary N) is 1. The van der Waals surface area contributed by atoms with Gasteiger partial charge < -0.3 is 9.73 Å².